The molecule has 1 saturated carbocycles. The number of hydrogen-bond donors (Lipinski definition) is 1. The van der Waals surface area contributed by atoms with Crippen LogP contribution in [0.3, 0.4) is 0 Å². The number of fused-ring (bicyclic) bond motifs is 3. The highest BCUT2D eigenvalue weighted by atomic mass is 32.2. The molecular weight excluding hydrogens is 338 g/mol. The maximum Gasteiger partial charge on any atom is 0.332 e. The van der Waals surface area contributed by atoms with E-state index in [0.29, 0.717) is 24.2 Å². The van der Waals surface area contributed by atoms with Crippen molar-refractivity contribution in [1.29, 1.82) is 0 Å². The van der Waals surface area contributed by atoms with Crippen molar-refractivity contribution in [3.05, 3.63) is 31.8 Å². The normalized spacial score (nSPS) is 24.8. The lowest BCUT2D eigenvalue weighted by Crippen LogP contribution is -2.44. The Balaban J connectivity index is 1.84. The lowest BCUT2D eigenvalue weighted by molar-refractivity contribution is 0.305. The van der Waals surface area contributed by atoms with Gasteiger partial charge in [0.1, 0.15) is 11.4 Å². The van der Waals surface area contributed by atoms with E-state index < -0.39 is 0 Å². The summed E-state index contributed by atoms with van der Waals surface area (Å²) in [7, 11) is 1.52. The molecule has 2 atom stereocenters. The molecule has 1 aromatic heterocycles. The molecule has 1 aromatic rings. The van der Waals surface area contributed by atoms with Gasteiger partial charge in [0.15, 0.2) is 5.17 Å². The Morgan fingerprint density at radius 2 is 2.08 bits per heavy atom. The van der Waals surface area contributed by atoms with Gasteiger partial charge in [-0.25, -0.2) is 4.79 Å². The van der Waals surface area contributed by atoms with E-state index in [4.69, 9.17) is 10.7 Å². The van der Waals surface area contributed by atoms with Gasteiger partial charge in [-0.3, -0.25) is 18.9 Å². The lowest BCUT2D eigenvalue weighted by Gasteiger charge is -2.32. The predicted octanol–water partition coefficient (Wildman–Crippen LogP) is 1.57. The van der Waals surface area contributed by atoms with E-state index in [1.54, 1.807) is 11.8 Å². The highest BCUT2D eigenvalue weighted by molar-refractivity contribution is 8.16. The van der Waals surface area contributed by atoms with Crippen molar-refractivity contribution in [2.45, 2.75) is 57.7 Å². The average Bonchev–Trinajstić information content (AvgIpc) is 3.17. The maximum atomic E-state index is 12.9. The van der Waals surface area contributed by atoms with Crippen molar-refractivity contribution in [2.75, 3.05) is 5.73 Å². The van der Waals surface area contributed by atoms with Gasteiger partial charge in [0.2, 0.25) is 0 Å². The quantitative estimate of drug-likeness (QED) is 0.883. The van der Waals surface area contributed by atoms with E-state index in [0.717, 1.165) is 34.7 Å². The Morgan fingerprint density at radius 1 is 1.32 bits per heavy atom. The fourth-order valence-corrected chi connectivity index (χ4v) is 5.06. The van der Waals surface area contributed by atoms with Crippen LogP contribution in [0.15, 0.2) is 20.0 Å². The van der Waals surface area contributed by atoms with Gasteiger partial charge in [0.05, 0.1) is 17.8 Å². The second-order valence-electron chi connectivity index (χ2n) is 6.88. The number of rotatable bonds is 3. The van der Waals surface area contributed by atoms with E-state index in [2.05, 4.69) is 4.90 Å². The van der Waals surface area contributed by atoms with Crippen LogP contribution in [0.1, 0.15) is 44.6 Å². The number of hydrogen-bond acceptors (Lipinski definition) is 6. The van der Waals surface area contributed by atoms with Gasteiger partial charge in [-0.05, 0) is 19.3 Å². The van der Waals surface area contributed by atoms with Crippen molar-refractivity contribution in [1.82, 2.24) is 14.0 Å². The molecule has 2 aliphatic heterocycles. The zero-order chi connectivity index (χ0) is 17.7. The van der Waals surface area contributed by atoms with E-state index >= 15 is 0 Å². The molecule has 0 spiro atoms. The molecule has 25 heavy (non-hydrogen) atoms. The fraction of sp³-hybridized carbons (Fsp3) is 0.588. The summed E-state index contributed by atoms with van der Waals surface area (Å²) in [5, 5.41) is 2.92. The molecule has 2 N–H and O–H groups in total. The minimum Gasteiger partial charge on any atom is -0.384 e. The van der Waals surface area contributed by atoms with Gasteiger partial charge in [-0.2, -0.15) is 0 Å². The number of nitrogens with two attached hydrogens (primary N) is 1. The lowest BCUT2D eigenvalue weighted by atomic mass is 9.90. The van der Waals surface area contributed by atoms with Gasteiger partial charge >= 0.3 is 5.69 Å². The van der Waals surface area contributed by atoms with Gasteiger partial charge in [-0.1, -0.05) is 31.5 Å². The molecule has 0 amide bonds. The zero-order valence-corrected chi connectivity index (χ0v) is 15.4. The van der Waals surface area contributed by atoms with E-state index in [1.807, 2.05) is 12.3 Å². The summed E-state index contributed by atoms with van der Waals surface area (Å²) in [5.74, 6) is 0.266. The third-order valence-corrected chi connectivity index (χ3v) is 6.18. The molecule has 134 valence electrons. The van der Waals surface area contributed by atoms with Crippen molar-refractivity contribution in [2.24, 2.45) is 12.0 Å². The summed E-state index contributed by atoms with van der Waals surface area (Å²) in [6.07, 6.45) is 5.34. The topological polar surface area (TPSA) is 85.6 Å². The van der Waals surface area contributed by atoms with Crippen LogP contribution in [0.25, 0.3) is 5.70 Å². The third-order valence-electron chi connectivity index (χ3n) is 5.33. The van der Waals surface area contributed by atoms with Crippen molar-refractivity contribution in [3.8, 4) is 0 Å². The first-order valence-electron chi connectivity index (χ1n) is 8.88. The van der Waals surface area contributed by atoms with Crippen molar-refractivity contribution >= 4 is 28.4 Å². The predicted molar refractivity (Wildman–Crippen MR) is 102 cm³/mol. The van der Waals surface area contributed by atoms with Crippen LogP contribution in [-0.4, -0.2) is 31.3 Å². The molecule has 1 aliphatic carbocycles. The SMILES string of the molecule is CCCn1c(N)c(C2=CSC3=N[C@H]4CCCC[C@@H]4N23)c(=O)n(C)c1=O. The largest absolute Gasteiger partial charge is 0.384 e. The standard InChI is InChI=1S/C17H23N5O2S/c1-3-8-21-14(18)13(15(23)20(2)17(21)24)12-9-25-16-19-10-6-4-5-7-11(10)22(12)16/h9-11H,3-8,18H2,1-2H3/t10-,11-/m0/s1. The summed E-state index contributed by atoms with van der Waals surface area (Å²) in [6.45, 7) is 2.48. The number of aliphatic imine (C=N–C) groups is 1. The van der Waals surface area contributed by atoms with Gasteiger partial charge in [0, 0.05) is 19.0 Å². The Hall–Kier alpha value is -1.96. The minimum absolute atomic E-state index is 0.266. The van der Waals surface area contributed by atoms with Gasteiger partial charge in [-0.15, -0.1) is 0 Å². The first-order chi connectivity index (χ1) is 12.0. The summed E-state index contributed by atoms with van der Waals surface area (Å²) in [4.78, 5) is 32.3. The molecule has 7 nitrogen and oxygen atoms in total. The number of thioether (sulfide) groups is 1. The van der Waals surface area contributed by atoms with Crippen LogP contribution in [0, 0.1) is 0 Å². The number of amidine groups is 1. The van der Waals surface area contributed by atoms with E-state index in [1.165, 1.54) is 24.5 Å². The van der Waals surface area contributed by atoms with Crippen LogP contribution >= 0.6 is 11.8 Å². The molecule has 0 saturated heterocycles. The van der Waals surface area contributed by atoms with Crippen LogP contribution < -0.4 is 17.0 Å². The Morgan fingerprint density at radius 3 is 2.84 bits per heavy atom. The third kappa shape index (κ3) is 2.38. The van der Waals surface area contributed by atoms with Gasteiger partial charge in [0.25, 0.3) is 5.56 Å². The Bertz CT molecular complexity index is 898. The number of nitrogens with zero attached hydrogens (tertiary/aromatic N) is 4. The molecule has 8 heteroatoms. The summed E-state index contributed by atoms with van der Waals surface area (Å²) >= 11 is 1.55. The molecule has 3 heterocycles. The number of anilines is 1. The average molecular weight is 361 g/mol. The van der Waals surface area contributed by atoms with Crippen molar-refractivity contribution < 1.29 is 0 Å². The second kappa shape index (κ2) is 6.09. The molecule has 4 rings (SSSR count). The van der Waals surface area contributed by atoms with Crippen molar-refractivity contribution in [3.63, 3.8) is 0 Å². The zero-order valence-electron chi connectivity index (χ0n) is 14.6. The highest BCUT2D eigenvalue weighted by Gasteiger charge is 2.43. The van der Waals surface area contributed by atoms with Crippen LogP contribution in [0.4, 0.5) is 5.82 Å². The number of aromatic nitrogens is 2. The van der Waals surface area contributed by atoms with Crippen LogP contribution in [0.2, 0.25) is 0 Å². The van der Waals surface area contributed by atoms with E-state index in [9.17, 15) is 9.59 Å². The van der Waals surface area contributed by atoms with Crippen LogP contribution in [-0.2, 0) is 13.6 Å². The number of nitrogen functional groups attached to an aromatic ring is 1. The Labute approximate surface area is 150 Å². The summed E-state index contributed by atoms with van der Waals surface area (Å²) < 4.78 is 2.67. The van der Waals surface area contributed by atoms with Gasteiger partial charge < -0.3 is 10.6 Å². The maximum absolute atomic E-state index is 12.9. The van der Waals surface area contributed by atoms with Crippen LogP contribution in [0.5, 0.6) is 0 Å². The monoisotopic (exact) mass is 361 g/mol. The molecular formula is C17H23N5O2S. The first kappa shape index (κ1) is 16.5. The molecule has 3 aliphatic rings. The Kier molecular flexibility index (Phi) is 4.02. The first-order valence-corrected chi connectivity index (χ1v) is 9.76. The summed E-state index contributed by atoms with van der Waals surface area (Å²) in [6, 6.07) is 0.618. The van der Waals surface area contributed by atoms with E-state index in [-0.39, 0.29) is 17.1 Å². The molecule has 0 unspecified atom stereocenters. The molecule has 0 bridgehead atoms. The fourth-order valence-electron chi connectivity index (χ4n) is 4.07. The molecule has 0 aromatic carbocycles. The molecule has 1 fully saturated rings. The molecule has 0 radical (unpaired) electrons. The second-order valence-corrected chi connectivity index (χ2v) is 7.72. The highest BCUT2D eigenvalue weighted by Crippen LogP contribution is 2.44. The minimum atomic E-state index is -0.356. The smallest absolute Gasteiger partial charge is 0.332 e. The summed E-state index contributed by atoms with van der Waals surface area (Å²) in [5.41, 5.74) is 6.85.